The van der Waals surface area contributed by atoms with Gasteiger partial charge in [-0.25, -0.2) is 4.79 Å². The van der Waals surface area contributed by atoms with Crippen molar-refractivity contribution in [2.75, 3.05) is 18.4 Å². The molecule has 6 heteroatoms. The number of amides is 2. The lowest BCUT2D eigenvalue weighted by molar-refractivity contribution is 0.210. The molecule has 1 N–H and O–H groups in total. The quantitative estimate of drug-likeness (QED) is 0.593. The van der Waals surface area contributed by atoms with E-state index in [4.69, 9.17) is 34.8 Å². The number of anilines is 1. The topological polar surface area (TPSA) is 32.3 Å². The molecule has 0 aliphatic carbocycles. The number of unbranched alkanes of at least 4 members (excludes halogenated alkanes) is 2. The Morgan fingerprint density at radius 2 is 1.67 bits per heavy atom. The highest BCUT2D eigenvalue weighted by molar-refractivity contribution is 6.45. The number of rotatable bonds is 7. The van der Waals surface area contributed by atoms with Crippen LogP contribution in [0.25, 0.3) is 0 Å². The Balaban J connectivity index is 2.80. The zero-order valence-corrected chi connectivity index (χ0v) is 14.7. The first-order valence-corrected chi connectivity index (χ1v) is 8.33. The smallest absolute Gasteiger partial charge is 0.321 e. The van der Waals surface area contributed by atoms with Gasteiger partial charge in [0.15, 0.2) is 0 Å². The number of benzene rings is 1. The fourth-order valence-electron chi connectivity index (χ4n) is 1.85. The first-order valence-electron chi connectivity index (χ1n) is 7.20. The molecule has 0 aliphatic rings. The van der Waals surface area contributed by atoms with Crippen LogP contribution in [0.5, 0.6) is 0 Å². The zero-order chi connectivity index (χ0) is 15.8. The Hall–Kier alpha value is -0.640. The van der Waals surface area contributed by atoms with Gasteiger partial charge in [0.25, 0.3) is 0 Å². The van der Waals surface area contributed by atoms with Gasteiger partial charge in [-0.15, -0.1) is 0 Å². The third-order valence-electron chi connectivity index (χ3n) is 3.08. The monoisotopic (exact) mass is 350 g/mol. The van der Waals surface area contributed by atoms with E-state index in [0.29, 0.717) is 20.8 Å². The highest BCUT2D eigenvalue weighted by atomic mass is 35.5. The number of carbonyl (C=O) groups is 1. The molecule has 0 aliphatic heterocycles. The van der Waals surface area contributed by atoms with Gasteiger partial charge in [-0.1, -0.05) is 61.5 Å². The van der Waals surface area contributed by atoms with E-state index in [-0.39, 0.29) is 6.03 Å². The molecule has 0 spiro atoms. The number of nitrogens with zero attached hydrogens (tertiary/aromatic N) is 1. The molecule has 118 valence electrons. The minimum atomic E-state index is -0.169. The summed E-state index contributed by atoms with van der Waals surface area (Å²) in [6.07, 6.45) is 4.03. The van der Waals surface area contributed by atoms with Crippen molar-refractivity contribution in [1.29, 1.82) is 0 Å². The lowest BCUT2D eigenvalue weighted by Gasteiger charge is -2.23. The number of carbonyl (C=O) groups excluding carboxylic acids is 1. The van der Waals surface area contributed by atoms with Crippen molar-refractivity contribution >= 4 is 46.5 Å². The molecule has 3 nitrogen and oxygen atoms in total. The van der Waals surface area contributed by atoms with E-state index in [0.717, 1.165) is 38.8 Å². The predicted octanol–water partition coefficient (Wildman–Crippen LogP) is 6.08. The van der Waals surface area contributed by atoms with Crippen molar-refractivity contribution in [3.63, 3.8) is 0 Å². The van der Waals surface area contributed by atoms with E-state index < -0.39 is 0 Å². The van der Waals surface area contributed by atoms with Crippen molar-refractivity contribution in [3.8, 4) is 0 Å². The maximum absolute atomic E-state index is 12.4. The summed E-state index contributed by atoms with van der Waals surface area (Å²) >= 11 is 18.0. The van der Waals surface area contributed by atoms with Crippen LogP contribution in [0.3, 0.4) is 0 Å². The minimum Gasteiger partial charge on any atom is -0.325 e. The van der Waals surface area contributed by atoms with Crippen molar-refractivity contribution in [1.82, 2.24) is 4.90 Å². The Kier molecular flexibility index (Phi) is 8.23. The van der Waals surface area contributed by atoms with Crippen LogP contribution in [-0.4, -0.2) is 24.0 Å². The molecule has 1 rings (SSSR count). The molecule has 0 atom stereocenters. The number of hydrogen-bond acceptors (Lipinski definition) is 1. The van der Waals surface area contributed by atoms with Crippen LogP contribution < -0.4 is 5.32 Å². The molecule has 0 saturated carbocycles. The van der Waals surface area contributed by atoms with E-state index in [9.17, 15) is 4.79 Å². The summed E-state index contributed by atoms with van der Waals surface area (Å²) in [5.74, 6) is 0. The molecule has 1 aromatic carbocycles. The third kappa shape index (κ3) is 5.93. The summed E-state index contributed by atoms with van der Waals surface area (Å²) in [6, 6.07) is 2.98. The third-order valence-corrected chi connectivity index (χ3v) is 4.11. The predicted molar refractivity (Wildman–Crippen MR) is 91.9 cm³/mol. The van der Waals surface area contributed by atoms with Gasteiger partial charge in [0.2, 0.25) is 0 Å². The minimum absolute atomic E-state index is 0.169. The maximum Gasteiger partial charge on any atom is 0.321 e. The molecule has 0 bridgehead atoms. The lowest BCUT2D eigenvalue weighted by Crippen LogP contribution is -2.36. The molecule has 0 saturated heterocycles. The summed E-state index contributed by atoms with van der Waals surface area (Å²) in [5, 5.41) is 3.87. The van der Waals surface area contributed by atoms with Gasteiger partial charge >= 0.3 is 6.03 Å². The van der Waals surface area contributed by atoms with Crippen LogP contribution >= 0.6 is 34.8 Å². The molecule has 2 amide bonds. The van der Waals surface area contributed by atoms with Gasteiger partial charge in [0.1, 0.15) is 0 Å². The Bertz CT molecular complexity index is 472. The van der Waals surface area contributed by atoms with Crippen LogP contribution in [0.15, 0.2) is 12.1 Å². The van der Waals surface area contributed by atoms with Crippen LogP contribution in [0.4, 0.5) is 10.5 Å². The first kappa shape index (κ1) is 18.4. The summed E-state index contributed by atoms with van der Waals surface area (Å²) in [7, 11) is 0. The number of nitrogens with one attached hydrogen (secondary N) is 1. The van der Waals surface area contributed by atoms with Gasteiger partial charge in [-0.2, -0.15) is 0 Å². The second-order valence-corrected chi connectivity index (χ2v) is 6.10. The van der Waals surface area contributed by atoms with Gasteiger partial charge in [-0.05, 0) is 25.0 Å². The lowest BCUT2D eigenvalue weighted by atomic mass is 10.2. The summed E-state index contributed by atoms with van der Waals surface area (Å²) in [6.45, 7) is 5.66. The second kappa shape index (κ2) is 9.39. The first-order chi connectivity index (χ1) is 9.99. The molecule has 0 heterocycles. The van der Waals surface area contributed by atoms with Gasteiger partial charge in [0, 0.05) is 18.1 Å². The highest BCUT2D eigenvalue weighted by Gasteiger charge is 2.15. The van der Waals surface area contributed by atoms with Crippen molar-refractivity contribution in [3.05, 3.63) is 27.2 Å². The standard InChI is InChI=1S/C15H21Cl3N2O/c1-3-5-7-20(8-6-4-2)15(21)19-13-10-11(16)9-12(17)14(13)18/h9-10H,3-8H2,1-2H3,(H,19,21). The number of urea groups is 1. The van der Waals surface area contributed by atoms with Crippen molar-refractivity contribution in [2.24, 2.45) is 0 Å². The van der Waals surface area contributed by atoms with E-state index in [2.05, 4.69) is 19.2 Å². The van der Waals surface area contributed by atoms with E-state index in [1.807, 2.05) is 0 Å². The second-order valence-electron chi connectivity index (χ2n) is 4.87. The average Bonchev–Trinajstić information content (AvgIpc) is 2.44. The van der Waals surface area contributed by atoms with Crippen LogP contribution in [-0.2, 0) is 0 Å². The van der Waals surface area contributed by atoms with Crippen molar-refractivity contribution < 1.29 is 4.79 Å². The SMILES string of the molecule is CCCCN(CCCC)C(=O)Nc1cc(Cl)cc(Cl)c1Cl. The molecular weight excluding hydrogens is 331 g/mol. The van der Waals surface area contributed by atoms with Crippen LogP contribution in [0, 0.1) is 0 Å². The van der Waals surface area contributed by atoms with Crippen molar-refractivity contribution in [2.45, 2.75) is 39.5 Å². The largest absolute Gasteiger partial charge is 0.325 e. The fourth-order valence-corrected chi connectivity index (χ4v) is 2.50. The van der Waals surface area contributed by atoms with Gasteiger partial charge in [0.05, 0.1) is 15.7 Å². The van der Waals surface area contributed by atoms with E-state index >= 15 is 0 Å². The number of halogens is 3. The van der Waals surface area contributed by atoms with Gasteiger partial charge < -0.3 is 10.2 Å². The van der Waals surface area contributed by atoms with E-state index in [1.165, 1.54) is 0 Å². The highest BCUT2D eigenvalue weighted by Crippen LogP contribution is 2.33. The summed E-state index contributed by atoms with van der Waals surface area (Å²) < 4.78 is 0. The molecule has 0 aromatic heterocycles. The molecule has 0 radical (unpaired) electrons. The molecule has 1 aromatic rings. The zero-order valence-electron chi connectivity index (χ0n) is 12.4. The van der Waals surface area contributed by atoms with Crippen LogP contribution in [0.1, 0.15) is 39.5 Å². The Morgan fingerprint density at radius 3 is 2.19 bits per heavy atom. The van der Waals surface area contributed by atoms with Crippen LogP contribution in [0.2, 0.25) is 15.1 Å². The van der Waals surface area contributed by atoms with E-state index in [1.54, 1.807) is 17.0 Å². The Morgan fingerprint density at radius 1 is 1.10 bits per heavy atom. The van der Waals surface area contributed by atoms with Gasteiger partial charge in [-0.3, -0.25) is 0 Å². The molecular formula is C15H21Cl3N2O. The maximum atomic E-state index is 12.4. The summed E-state index contributed by atoms with van der Waals surface area (Å²) in [5.41, 5.74) is 0.442. The number of hydrogen-bond donors (Lipinski definition) is 1. The normalized spacial score (nSPS) is 10.5. The average molecular weight is 352 g/mol. The molecule has 0 fully saturated rings. The molecule has 21 heavy (non-hydrogen) atoms. The Labute approximate surface area is 141 Å². The fraction of sp³-hybridized carbons (Fsp3) is 0.533. The molecule has 0 unspecified atom stereocenters. The summed E-state index contributed by atoms with van der Waals surface area (Å²) in [4.78, 5) is 14.2.